The van der Waals surface area contributed by atoms with Gasteiger partial charge in [0.15, 0.2) is 5.58 Å². The largest absolute Gasteiger partial charge is 0.435 e. The van der Waals surface area contributed by atoms with Crippen molar-refractivity contribution in [3.63, 3.8) is 0 Å². The van der Waals surface area contributed by atoms with Gasteiger partial charge in [-0.15, -0.1) is 11.3 Å². The zero-order chi connectivity index (χ0) is 12.7. The highest BCUT2D eigenvalue weighted by molar-refractivity contribution is 7.13. The highest BCUT2D eigenvalue weighted by atomic mass is 35.5. The maximum Gasteiger partial charge on any atom is 0.237 e. The second kappa shape index (κ2) is 4.30. The highest BCUT2D eigenvalue weighted by Crippen LogP contribution is 2.33. The van der Waals surface area contributed by atoms with Crippen LogP contribution in [0.5, 0.6) is 0 Å². The number of benzene rings is 1. The van der Waals surface area contributed by atoms with E-state index in [0.29, 0.717) is 22.2 Å². The molecular formula is C13H11ClN2OS. The van der Waals surface area contributed by atoms with Crippen LogP contribution in [0.4, 0.5) is 5.69 Å². The van der Waals surface area contributed by atoms with Crippen molar-refractivity contribution in [3.05, 3.63) is 34.2 Å². The molecule has 0 radical (unpaired) electrons. The monoisotopic (exact) mass is 278 g/mol. The molecule has 0 aliphatic heterocycles. The van der Waals surface area contributed by atoms with Crippen LogP contribution in [-0.4, -0.2) is 4.98 Å². The van der Waals surface area contributed by atoms with E-state index in [2.05, 4.69) is 18.0 Å². The number of hydrogen-bond donors (Lipinski definition) is 1. The number of hydrogen-bond acceptors (Lipinski definition) is 4. The van der Waals surface area contributed by atoms with E-state index in [0.717, 1.165) is 16.8 Å². The van der Waals surface area contributed by atoms with Crippen molar-refractivity contribution in [3.8, 4) is 10.8 Å². The Morgan fingerprint density at radius 3 is 3.06 bits per heavy atom. The molecule has 2 aromatic heterocycles. The Hall–Kier alpha value is -1.52. The number of fused-ring (bicyclic) bond motifs is 1. The first kappa shape index (κ1) is 11.6. The van der Waals surface area contributed by atoms with Crippen LogP contribution >= 0.6 is 22.9 Å². The van der Waals surface area contributed by atoms with Gasteiger partial charge in [0.05, 0.1) is 15.6 Å². The van der Waals surface area contributed by atoms with Gasteiger partial charge in [0.1, 0.15) is 5.52 Å². The number of halogens is 1. The normalized spacial score (nSPS) is 11.2. The predicted molar refractivity (Wildman–Crippen MR) is 76.1 cm³/mol. The van der Waals surface area contributed by atoms with Crippen LogP contribution in [-0.2, 0) is 6.42 Å². The number of nitrogens with zero attached hydrogens (tertiary/aromatic N) is 1. The third-order valence-electron chi connectivity index (χ3n) is 2.83. The average Bonchev–Trinajstić information content (AvgIpc) is 2.95. The van der Waals surface area contributed by atoms with Crippen molar-refractivity contribution in [1.29, 1.82) is 0 Å². The summed E-state index contributed by atoms with van der Waals surface area (Å²) in [6.07, 6.45) is 0.959. The molecule has 5 heteroatoms. The fourth-order valence-electron chi connectivity index (χ4n) is 1.86. The number of nitrogens with two attached hydrogens (primary N) is 1. The summed E-state index contributed by atoms with van der Waals surface area (Å²) in [5.41, 5.74) is 8.91. The van der Waals surface area contributed by atoms with E-state index in [-0.39, 0.29) is 0 Å². The molecule has 0 aliphatic carbocycles. The lowest BCUT2D eigenvalue weighted by atomic mass is 10.2. The van der Waals surface area contributed by atoms with Gasteiger partial charge >= 0.3 is 0 Å². The van der Waals surface area contributed by atoms with E-state index in [1.807, 2.05) is 5.38 Å². The molecule has 92 valence electrons. The fourth-order valence-corrected chi connectivity index (χ4v) is 2.94. The van der Waals surface area contributed by atoms with Gasteiger partial charge in [0.25, 0.3) is 0 Å². The van der Waals surface area contributed by atoms with Crippen molar-refractivity contribution in [2.75, 3.05) is 5.73 Å². The van der Waals surface area contributed by atoms with Crippen LogP contribution in [0.15, 0.2) is 28.0 Å². The quantitative estimate of drug-likeness (QED) is 0.709. The third kappa shape index (κ3) is 1.78. The number of thiophene rings is 1. The first-order chi connectivity index (χ1) is 8.69. The smallest absolute Gasteiger partial charge is 0.237 e. The highest BCUT2D eigenvalue weighted by Gasteiger charge is 2.14. The molecular weight excluding hydrogens is 268 g/mol. The number of nitrogen functional groups attached to an aromatic ring is 1. The van der Waals surface area contributed by atoms with E-state index < -0.39 is 0 Å². The standard InChI is InChI=1S/C13H11ClN2OS/c1-2-7-3-4-18-12(7)13-16-10-5-8(14)9(15)6-11(10)17-13/h3-6H,2,15H2,1H3. The molecule has 0 amide bonds. The molecule has 0 aliphatic rings. The lowest BCUT2D eigenvalue weighted by Gasteiger charge is -1.94. The van der Waals surface area contributed by atoms with Crippen molar-refractivity contribution < 1.29 is 4.42 Å². The molecule has 3 aromatic rings. The molecule has 18 heavy (non-hydrogen) atoms. The SMILES string of the molecule is CCc1ccsc1-c1nc2cc(Cl)c(N)cc2o1. The fraction of sp³-hybridized carbons (Fsp3) is 0.154. The predicted octanol–water partition coefficient (Wildman–Crippen LogP) is 4.35. The van der Waals surface area contributed by atoms with Crippen molar-refractivity contribution in [2.45, 2.75) is 13.3 Å². The Morgan fingerprint density at radius 1 is 1.44 bits per heavy atom. The molecule has 3 rings (SSSR count). The maximum absolute atomic E-state index is 5.98. The molecule has 0 saturated heterocycles. The Morgan fingerprint density at radius 2 is 2.28 bits per heavy atom. The number of aryl methyl sites for hydroxylation is 1. The van der Waals surface area contributed by atoms with Crippen LogP contribution in [0.2, 0.25) is 5.02 Å². The molecule has 3 nitrogen and oxygen atoms in total. The Bertz CT molecular complexity index is 678. The van der Waals surface area contributed by atoms with Crippen molar-refractivity contribution in [2.24, 2.45) is 0 Å². The molecule has 0 bridgehead atoms. The minimum Gasteiger partial charge on any atom is -0.435 e. The van der Waals surface area contributed by atoms with Gasteiger partial charge in [-0.05, 0) is 29.5 Å². The van der Waals surface area contributed by atoms with Gasteiger partial charge in [-0.1, -0.05) is 18.5 Å². The Balaban J connectivity index is 2.19. The number of rotatable bonds is 2. The van der Waals surface area contributed by atoms with Gasteiger partial charge in [0, 0.05) is 6.07 Å². The van der Waals surface area contributed by atoms with Crippen LogP contribution in [0.1, 0.15) is 12.5 Å². The lowest BCUT2D eigenvalue weighted by molar-refractivity contribution is 0.621. The number of oxazole rings is 1. The van der Waals surface area contributed by atoms with Gasteiger partial charge in [-0.25, -0.2) is 4.98 Å². The van der Waals surface area contributed by atoms with E-state index in [1.54, 1.807) is 23.5 Å². The summed E-state index contributed by atoms with van der Waals surface area (Å²) in [4.78, 5) is 5.54. The molecule has 0 atom stereocenters. The van der Waals surface area contributed by atoms with E-state index in [4.69, 9.17) is 21.8 Å². The molecule has 0 fully saturated rings. The molecule has 1 aromatic carbocycles. The summed E-state index contributed by atoms with van der Waals surface area (Å²) in [6.45, 7) is 2.11. The summed E-state index contributed by atoms with van der Waals surface area (Å²) < 4.78 is 5.75. The van der Waals surface area contributed by atoms with Crippen molar-refractivity contribution >= 4 is 39.7 Å². The van der Waals surface area contributed by atoms with Gasteiger partial charge < -0.3 is 10.2 Å². The summed E-state index contributed by atoms with van der Waals surface area (Å²) in [5.74, 6) is 0.638. The summed E-state index contributed by atoms with van der Waals surface area (Å²) in [5, 5.41) is 2.55. The van der Waals surface area contributed by atoms with Gasteiger partial charge in [0.2, 0.25) is 5.89 Å². The second-order valence-corrected chi connectivity index (χ2v) is 5.31. The Labute approximate surface area is 113 Å². The van der Waals surface area contributed by atoms with Crippen LogP contribution in [0.25, 0.3) is 21.9 Å². The second-order valence-electron chi connectivity index (χ2n) is 3.99. The third-order valence-corrected chi connectivity index (χ3v) is 4.10. The first-order valence-electron chi connectivity index (χ1n) is 5.61. The summed E-state index contributed by atoms with van der Waals surface area (Å²) in [6, 6.07) is 5.54. The Kier molecular flexibility index (Phi) is 2.76. The lowest BCUT2D eigenvalue weighted by Crippen LogP contribution is -1.84. The topological polar surface area (TPSA) is 52.0 Å². The molecule has 0 spiro atoms. The summed E-state index contributed by atoms with van der Waals surface area (Å²) >= 11 is 7.61. The number of anilines is 1. The van der Waals surface area contributed by atoms with Crippen LogP contribution in [0, 0.1) is 0 Å². The van der Waals surface area contributed by atoms with E-state index in [1.165, 1.54) is 5.56 Å². The molecule has 0 saturated carbocycles. The van der Waals surface area contributed by atoms with E-state index >= 15 is 0 Å². The first-order valence-corrected chi connectivity index (χ1v) is 6.87. The molecule has 2 N–H and O–H groups in total. The zero-order valence-electron chi connectivity index (χ0n) is 9.74. The van der Waals surface area contributed by atoms with Crippen LogP contribution < -0.4 is 5.73 Å². The molecule has 0 unspecified atom stereocenters. The summed E-state index contributed by atoms with van der Waals surface area (Å²) in [7, 11) is 0. The molecule has 2 heterocycles. The average molecular weight is 279 g/mol. The minimum atomic E-state index is 0.504. The van der Waals surface area contributed by atoms with Crippen molar-refractivity contribution in [1.82, 2.24) is 4.98 Å². The number of aromatic nitrogens is 1. The zero-order valence-corrected chi connectivity index (χ0v) is 11.3. The minimum absolute atomic E-state index is 0.504. The van der Waals surface area contributed by atoms with Crippen LogP contribution in [0.3, 0.4) is 0 Å². The maximum atomic E-state index is 5.98. The van der Waals surface area contributed by atoms with Gasteiger partial charge in [-0.2, -0.15) is 0 Å². The van der Waals surface area contributed by atoms with Gasteiger partial charge in [-0.3, -0.25) is 0 Å². The van der Waals surface area contributed by atoms with E-state index in [9.17, 15) is 0 Å².